The molecule has 110 valence electrons. The Labute approximate surface area is 126 Å². The third-order valence-corrected chi connectivity index (χ3v) is 3.86. The average molecular weight is 282 g/mol. The number of hydrogen-bond acceptors (Lipinski definition) is 4. The van der Waals surface area contributed by atoms with Crippen LogP contribution in [0.3, 0.4) is 0 Å². The van der Waals surface area contributed by atoms with Gasteiger partial charge in [0.05, 0.1) is 23.6 Å². The lowest BCUT2D eigenvalue weighted by molar-refractivity contribution is 0.725. The second kappa shape index (κ2) is 6.04. The first-order valence-electron chi connectivity index (χ1n) is 7.53. The third kappa shape index (κ3) is 2.94. The number of pyridine rings is 1. The predicted octanol–water partition coefficient (Wildman–Crippen LogP) is 2.97. The Morgan fingerprint density at radius 1 is 1.05 bits per heavy atom. The number of anilines is 3. The van der Waals surface area contributed by atoms with Gasteiger partial charge >= 0.3 is 0 Å². The molecule has 0 bridgehead atoms. The fourth-order valence-electron chi connectivity index (χ4n) is 2.77. The molecule has 3 rings (SSSR count). The molecule has 21 heavy (non-hydrogen) atoms. The first kappa shape index (κ1) is 13.7. The molecule has 1 aromatic heterocycles. The van der Waals surface area contributed by atoms with Crippen molar-refractivity contribution in [2.24, 2.45) is 0 Å². The molecule has 4 nitrogen and oxygen atoms in total. The standard InChI is InChI=1S/C17H22N4/c1-3-18-17-10-6-7-14(19-17)13-21-12-11-20(2)15-8-4-5-9-16(15)21/h4-10H,3,11-13H2,1-2H3,(H,18,19). The summed E-state index contributed by atoms with van der Waals surface area (Å²) in [4.78, 5) is 9.41. The predicted molar refractivity (Wildman–Crippen MR) is 89.2 cm³/mol. The molecule has 0 radical (unpaired) electrons. The van der Waals surface area contributed by atoms with Crippen LogP contribution in [0.5, 0.6) is 0 Å². The van der Waals surface area contributed by atoms with E-state index in [1.54, 1.807) is 0 Å². The van der Waals surface area contributed by atoms with E-state index < -0.39 is 0 Å². The minimum absolute atomic E-state index is 0.851. The fraction of sp³-hybridized carbons (Fsp3) is 0.353. The molecule has 2 aromatic rings. The van der Waals surface area contributed by atoms with Crippen LogP contribution in [0.1, 0.15) is 12.6 Å². The van der Waals surface area contributed by atoms with Crippen LogP contribution in [0, 0.1) is 0 Å². The van der Waals surface area contributed by atoms with E-state index in [2.05, 4.69) is 70.5 Å². The zero-order chi connectivity index (χ0) is 14.7. The maximum absolute atomic E-state index is 4.68. The summed E-state index contributed by atoms with van der Waals surface area (Å²) in [7, 11) is 2.15. The molecule has 1 aliphatic heterocycles. The summed E-state index contributed by atoms with van der Waals surface area (Å²) in [6.45, 7) is 5.91. The minimum atomic E-state index is 0.851. The van der Waals surface area contributed by atoms with E-state index in [-0.39, 0.29) is 0 Å². The van der Waals surface area contributed by atoms with Gasteiger partial charge in [0, 0.05) is 26.7 Å². The van der Waals surface area contributed by atoms with E-state index in [1.165, 1.54) is 11.4 Å². The molecular formula is C17H22N4. The normalized spacial score (nSPS) is 14.0. The van der Waals surface area contributed by atoms with Crippen LogP contribution < -0.4 is 15.1 Å². The van der Waals surface area contributed by atoms with Crippen molar-refractivity contribution in [1.82, 2.24) is 4.98 Å². The number of rotatable bonds is 4. The van der Waals surface area contributed by atoms with E-state index in [0.717, 1.165) is 37.7 Å². The zero-order valence-corrected chi connectivity index (χ0v) is 12.7. The smallest absolute Gasteiger partial charge is 0.126 e. The van der Waals surface area contributed by atoms with E-state index in [9.17, 15) is 0 Å². The summed E-state index contributed by atoms with van der Waals surface area (Å²) in [6, 6.07) is 14.8. The summed E-state index contributed by atoms with van der Waals surface area (Å²) >= 11 is 0. The lowest BCUT2D eigenvalue weighted by Gasteiger charge is -2.36. The number of likely N-dealkylation sites (N-methyl/N-ethyl adjacent to an activating group) is 1. The maximum Gasteiger partial charge on any atom is 0.126 e. The van der Waals surface area contributed by atoms with Gasteiger partial charge in [0.15, 0.2) is 0 Å². The van der Waals surface area contributed by atoms with Crippen LogP contribution in [-0.4, -0.2) is 31.7 Å². The molecule has 0 fully saturated rings. The lowest BCUT2D eigenvalue weighted by Crippen LogP contribution is -2.38. The number of hydrogen-bond donors (Lipinski definition) is 1. The van der Waals surface area contributed by atoms with Crippen molar-refractivity contribution >= 4 is 17.2 Å². The van der Waals surface area contributed by atoms with Crippen molar-refractivity contribution in [3.63, 3.8) is 0 Å². The minimum Gasteiger partial charge on any atom is -0.371 e. The summed E-state index contributed by atoms with van der Waals surface area (Å²) < 4.78 is 0. The first-order chi connectivity index (χ1) is 10.3. The number of nitrogens with one attached hydrogen (secondary N) is 1. The Morgan fingerprint density at radius 3 is 2.67 bits per heavy atom. The van der Waals surface area contributed by atoms with E-state index in [1.807, 2.05) is 6.07 Å². The summed E-state index contributed by atoms with van der Waals surface area (Å²) in [5.41, 5.74) is 3.70. The van der Waals surface area contributed by atoms with Crippen LogP contribution in [-0.2, 0) is 6.54 Å². The fourth-order valence-corrected chi connectivity index (χ4v) is 2.77. The van der Waals surface area contributed by atoms with Gasteiger partial charge in [0.1, 0.15) is 5.82 Å². The SMILES string of the molecule is CCNc1cccc(CN2CCN(C)c3ccccc32)n1. The highest BCUT2D eigenvalue weighted by atomic mass is 15.3. The van der Waals surface area contributed by atoms with Gasteiger partial charge in [-0.3, -0.25) is 0 Å². The first-order valence-corrected chi connectivity index (χ1v) is 7.53. The molecule has 0 aliphatic carbocycles. The average Bonchev–Trinajstić information content (AvgIpc) is 2.51. The van der Waals surface area contributed by atoms with Gasteiger partial charge in [-0.05, 0) is 31.2 Å². The Hall–Kier alpha value is -2.23. The van der Waals surface area contributed by atoms with Crippen molar-refractivity contribution in [1.29, 1.82) is 0 Å². The van der Waals surface area contributed by atoms with Crippen LogP contribution in [0.25, 0.3) is 0 Å². The molecular weight excluding hydrogens is 260 g/mol. The second-order valence-electron chi connectivity index (χ2n) is 5.38. The van der Waals surface area contributed by atoms with Gasteiger partial charge < -0.3 is 15.1 Å². The third-order valence-electron chi connectivity index (χ3n) is 3.86. The molecule has 2 heterocycles. The topological polar surface area (TPSA) is 31.4 Å². The Kier molecular flexibility index (Phi) is 3.95. The highest BCUT2D eigenvalue weighted by Gasteiger charge is 2.19. The highest BCUT2D eigenvalue weighted by molar-refractivity contribution is 5.73. The van der Waals surface area contributed by atoms with Gasteiger partial charge in [-0.25, -0.2) is 4.98 Å². The molecule has 0 saturated heterocycles. The van der Waals surface area contributed by atoms with Crippen molar-refractivity contribution in [3.05, 3.63) is 48.2 Å². The molecule has 4 heteroatoms. The molecule has 0 saturated carbocycles. The number of benzene rings is 1. The van der Waals surface area contributed by atoms with Gasteiger partial charge in [-0.2, -0.15) is 0 Å². The highest BCUT2D eigenvalue weighted by Crippen LogP contribution is 2.32. The van der Waals surface area contributed by atoms with Crippen LogP contribution in [0.2, 0.25) is 0 Å². The molecule has 0 amide bonds. The van der Waals surface area contributed by atoms with Gasteiger partial charge in [-0.15, -0.1) is 0 Å². The zero-order valence-electron chi connectivity index (χ0n) is 12.7. The Balaban J connectivity index is 1.82. The van der Waals surface area contributed by atoms with Crippen LogP contribution >= 0.6 is 0 Å². The molecule has 1 aromatic carbocycles. The van der Waals surface area contributed by atoms with Crippen molar-refractivity contribution in [2.45, 2.75) is 13.5 Å². The van der Waals surface area contributed by atoms with Gasteiger partial charge in [0.25, 0.3) is 0 Å². The number of aromatic nitrogens is 1. The van der Waals surface area contributed by atoms with Crippen molar-refractivity contribution in [3.8, 4) is 0 Å². The quantitative estimate of drug-likeness (QED) is 0.934. The van der Waals surface area contributed by atoms with E-state index in [0.29, 0.717) is 0 Å². The van der Waals surface area contributed by atoms with Gasteiger partial charge in [-0.1, -0.05) is 18.2 Å². The van der Waals surface area contributed by atoms with Crippen molar-refractivity contribution < 1.29 is 0 Å². The largest absolute Gasteiger partial charge is 0.371 e. The van der Waals surface area contributed by atoms with E-state index >= 15 is 0 Å². The number of para-hydroxylation sites is 2. The molecule has 1 aliphatic rings. The maximum atomic E-state index is 4.68. The molecule has 0 atom stereocenters. The number of nitrogens with zero attached hydrogens (tertiary/aromatic N) is 3. The summed E-state index contributed by atoms with van der Waals surface area (Å²) in [5.74, 6) is 0.956. The van der Waals surface area contributed by atoms with Crippen LogP contribution in [0.4, 0.5) is 17.2 Å². The molecule has 0 unspecified atom stereocenters. The summed E-state index contributed by atoms with van der Waals surface area (Å²) in [6.07, 6.45) is 0. The second-order valence-corrected chi connectivity index (χ2v) is 5.38. The lowest BCUT2D eigenvalue weighted by atomic mass is 10.1. The van der Waals surface area contributed by atoms with Crippen LogP contribution in [0.15, 0.2) is 42.5 Å². The van der Waals surface area contributed by atoms with E-state index in [4.69, 9.17) is 0 Å². The van der Waals surface area contributed by atoms with Gasteiger partial charge in [0.2, 0.25) is 0 Å². The monoisotopic (exact) mass is 282 g/mol. The Bertz CT molecular complexity index is 611. The number of fused-ring (bicyclic) bond motifs is 1. The molecule has 1 N–H and O–H groups in total. The van der Waals surface area contributed by atoms with Crippen molar-refractivity contribution in [2.75, 3.05) is 41.8 Å². The molecule has 0 spiro atoms. The Morgan fingerprint density at radius 2 is 1.86 bits per heavy atom. The summed E-state index contributed by atoms with van der Waals surface area (Å²) in [5, 5.41) is 3.27.